The molecule has 1 aliphatic heterocycles. The Morgan fingerprint density at radius 2 is 0.781 bits per heavy atom. The van der Waals surface area contributed by atoms with E-state index in [0.717, 1.165) is 56.0 Å². The number of aromatic nitrogens is 2. The van der Waals surface area contributed by atoms with Crippen LogP contribution in [0.15, 0.2) is 207 Å². The van der Waals surface area contributed by atoms with Crippen molar-refractivity contribution in [2.24, 2.45) is 0 Å². The van der Waals surface area contributed by atoms with E-state index < -0.39 is 0 Å². The number of benzene rings is 8. The summed E-state index contributed by atoms with van der Waals surface area (Å²) in [5.74, 6) is 2.62. The molecule has 0 radical (unpaired) electrons. The summed E-state index contributed by atoms with van der Waals surface area (Å²) in [6.45, 7) is 0. The molecule has 8 heteroatoms. The molecule has 13 rings (SSSR count). The molecular weight excluding hydrogens is 825 g/mol. The second-order valence-corrected chi connectivity index (χ2v) is 17.9. The van der Waals surface area contributed by atoms with Gasteiger partial charge in [0.15, 0.2) is 23.0 Å². The quantitative estimate of drug-likeness (QED) is 0.159. The molecule has 0 spiro atoms. The average molecular weight is 859 g/mol. The van der Waals surface area contributed by atoms with Crippen molar-refractivity contribution in [1.29, 1.82) is 0 Å². The van der Waals surface area contributed by atoms with Crippen molar-refractivity contribution in [2.45, 2.75) is 0 Å². The van der Waals surface area contributed by atoms with Crippen LogP contribution in [0.5, 0.6) is 23.0 Å². The van der Waals surface area contributed by atoms with Gasteiger partial charge in [0.1, 0.15) is 5.69 Å². The lowest BCUT2D eigenvalue weighted by atomic mass is 9.93. The third-order valence-corrected chi connectivity index (χ3v) is 14.4. The van der Waals surface area contributed by atoms with Crippen molar-refractivity contribution < 1.29 is 9.47 Å². The summed E-state index contributed by atoms with van der Waals surface area (Å²) in [5.41, 5.74) is 7.91. The Morgan fingerprint density at radius 1 is 0.344 bits per heavy atom. The van der Waals surface area contributed by atoms with Gasteiger partial charge in [-0.15, -0.1) is 22.7 Å². The van der Waals surface area contributed by atoms with Crippen molar-refractivity contribution in [1.82, 2.24) is 9.97 Å². The van der Waals surface area contributed by atoms with Crippen LogP contribution in [0.1, 0.15) is 0 Å². The van der Waals surface area contributed by atoms with E-state index in [1.165, 1.54) is 40.3 Å². The van der Waals surface area contributed by atoms with Crippen LogP contribution in [-0.4, -0.2) is 9.97 Å². The number of ether oxygens (including phenoxy) is 2. The summed E-state index contributed by atoms with van der Waals surface area (Å²) >= 11 is 3.63. The van der Waals surface area contributed by atoms with E-state index >= 15 is 0 Å². The molecule has 0 aliphatic carbocycles. The first-order chi connectivity index (χ1) is 31.7. The largest absolute Gasteiger partial charge is 0.449 e. The molecule has 0 fully saturated rings. The molecule has 12 aromatic rings. The third-order valence-electron chi connectivity index (χ3n) is 12.1. The van der Waals surface area contributed by atoms with Crippen LogP contribution in [-0.2, 0) is 0 Å². The highest BCUT2D eigenvalue weighted by Gasteiger charge is 2.33. The zero-order valence-electron chi connectivity index (χ0n) is 34.1. The number of pyridine rings is 2. The summed E-state index contributed by atoms with van der Waals surface area (Å²) in [5, 5.41) is 7.10. The minimum Gasteiger partial charge on any atom is -0.449 e. The molecule has 8 aromatic carbocycles. The van der Waals surface area contributed by atoms with Gasteiger partial charge >= 0.3 is 0 Å². The number of nitrogens with zero attached hydrogens (tertiary/aromatic N) is 4. The number of hydrogen-bond acceptors (Lipinski definition) is 8. The Morgan fingerprint density at radius 3 is 1.38 bits per heavy atom. The Hall–Kier alpha value is -8.04. The maximum Gasteiger partial charge on any atom is 0.195 e. The van der Waals surface area contributed by atoms with Gasteiger partial charge in [0, 0.05) is 105 Å². The summed E-state index contributed by atoms with van der Waals surface area (Å²) in [7, 11) is 0. The fourth-order valence-corrected chi connectivity index (χ4v) is 11.5. The molecule has 0 bridgehead atoms. The first kappa shape index (κ1) is 36.6. The fourth-order valence-electron chi connectivity index (χ4n) is 9.24. The maximum atomic E-state index is 7.08. The van der Waals surface area contributed by atoms with Crippen molar-refractivity contribution in [3.8, 4) is 34.1 Å². The van der Waals surface area contributed by atoms with Crippen molar-refractivity contribution in [3.05, 3.63) is 207 Å². The summed E-state index contributed by atoms with van der Waals surface area (Å²) in [6, 6.07) is 64.2. The number of hydrogen-bond donors (Lipinski definition) is 0. The van der Waals surface area contributed by atoms with Crippen molar-refractivity contribution in [3.63, 3.8) is 0 Å². The molecule has 4 aromatic heterocycles. The molecule has 1 aliphatic rings. The highest BCUT2D eigenvalue weighted by atomic mass is 32.1. The van der Waals surface area contributed by atoms with Crippen LogP contribution in [0, 0.1) is 0 Å². The van der Waals surface area contributed by atoms with Crippen LogP contribution in [0.3, 0.4) is 0 Å². The van der Waals surface area contributed by atoms with Gasteiger partial charge in [0.2, 0.25) is 0 Å². The lowest BCUT2D eigenvalue weighted by Crippen LogP contribution is -2.14. The molecule has 5 heterocycles. The van der Waals surface area contributed by atoms with E-state index in [1.54, 1.807) is 11.3 Å². The molecule has 0 N–H and O–H groups in total. The molecule has 0 saturated heterocycles. The summed E-state index contributed by atoms with van der Waals surface area (Å²) in [6.07, 6.45) is 7.37. The smallest absolute Gasteiger partial charge is 0.195 e. The minimum atomic E-state index is 0.639. The predicted molar refractivity (Wildman–Crippen MR) is 267 cm³/mol. The number of rotatable bonds is 7. The molecule has 0 amide bonds. The molecule has 0 saturated carbocycles. The predicted octanol–water partition coefficient (Wildman–Crippen LogP) is 16.9. The first-order valence-corrected chi connectivity index (χ1v) is 22.7. The monoisotopic (exact) mass is 858 g/mol. The molecule has 302 valence electrons. The van der Waals surface area contributed by atoms with Crippen LogP contribution in [0.2, 0.25) is 0 Å². The van der Waals surface area contributed by atoms with Crippen LogP contribution < -0.4 is 19.3 Å². The number of para-hydroxylation sites is 2. The van der Waals surface area contributed by atoms with Crippen LogP contribution >= 0.6 is 22.7 Å². The second-order valence-electron chi connectivity index (χ2n) is 15.8. The van der Waals surface area contributed by atoms with E-state index in [0.29, 0.717) is 23.0 Å². The number of thiophene rings is 2. The lowest BCUT2D eigenvalue weighted by Gasteiger charge is -2.33. The van der Waals surface area contributed by atoms with Crippen LogP contribution in [0.4, 0.5) is 34.1 Å². The molecular formula is C56H34N4O2S2. The summed E-state index contributed by atoms with van der Waals surface area (Å²) in [4.78, 5) is 13.4. The molecule has 0 atom stereocenters. The highest BCUT2D eigenvalue weighted by Crippen LogP contribution is 2.60. The minimum absolute atomic E-state index is 0.639. The van der Waals surface area contributed by atoms with Gasteiger partial charge in [0.05, 0.1) is 0 Å². The van der Waals surface area contributed by atoms with E-state index in [1.807, 2.05) is 72.5 Å². The Labute approximate surface area is 376 Å². The standard InChI is InChI=1S/C56H34N4O2S2/c1-2-12-46-45(11-1)53(35-17-19-36(20-18-35)59(37-25-29-57-30-26-37)39-21-23-43-41-9-3-7-15-49(41)63-51(43)33-39)55-56(62-48-14-6-5-13-47(48)61-55)54(46)60(38-27-31-58-32-28-38)40-22-24-44-42-10-4-8-16-50(42)64-52(44)34-40/h1-34H. The second kappa shape index (κ2) is 14.8. The fraction of sp³-hybridized carbons (Fsp3) is 0. The zero-order chi connectivity index (χ0) is 42.1. The maximum absolute atomic E-state index is 7.08. The average Bonchev–Trinajstić information content (AvgIpc) is 3.92. The Bertz CT molecular complexity index is 3760. The molecule has 6 nitrogen and oxygen atoms in total. The number of anilines is 6. The Balaban J connectivity index is 1.01. The Kier molecular flexibility index (Phi) is 8.47. The van der Waals surface area contributed by atoms with E-state index in [4.69, 9.17) is 9.47 Å². The topological polar surface area (TPSA) is 50.7 Å². The van der Waals surface area contributed by atoms with E-state index in [9.17, 15) is 0 Å². The zero-order valence-corrected chi connectivity index (χ0v) is 35.7. The van der Waals surface area contributed by atoms with Gasteiger partial charge in [-0.3, -0.25) is 9.97 Å². The SMILES string of the molecule is c1ccc2c(c1)Oc1c(c(N(c3ccncc3)c3ccc4c(c3)sc3ccccc34)c3ccccc3c1-c1ccc(N(c3ccncc3)c3ccc4c(c3)sc3ccccc34)cc1)O2. The number of fused-ring (bicyclic) bond motifs is 9. The van der Waals surface area contributed by atoms with Gasteiger partial charge in [-0.25, -0.2) is 0 Å². The van der Waals surface area contributed by atoms with Gasteiger partial charge in [0.25, 0.3) is 0 Å². The van der Waals surface area contributed by atoms with Crippen molar-refractivity contribution in [2.75, 3.05) is 9.80 Å². The van der Waals surface area contributed by atoms with E-state index in [2.05, 4.69) is 165 Å². The van der Waals surface area contributed by atoms with Gasteiger partial charge in [-0.1, -0.05) is 97.1 Å². The molecule has 64 heavy (non-hydrogen) atoms. The van der Waals surface area contributed by atoms with Gasteiger partial charge in [-0.05, 0) is 95.9 Å². The highest BCUT2D eigenvalue weighted by molar-refractivity contribution is 7.26. The lowest BCUT2D eigenvalue weighted by molar-refractivity contribution is 0.362. The van der Waals surface area contributed by atoms with Gasteiger partial charge < -0.3 is 19.3 Å². The first-order valence-electron chi connectivity index (χ1n) is 21.1. The summed E-state index contributed by atoms with van der Waals surface area (Å²) < 4.78 is 19.1. The third kappa shape index (κ3) is 5.91. The normalized spacial score (nSPS) is 12.0. The van der Waals surface area contributed by atoms with Crippen LogP contribution in [0.25, 0.3) is 62.2 Å². The molecule has 0 unspecified atom stereocenters. The van der Waals surface area contributed by atoms with Crippen molar-refractivity contribution >= 4 is 108 Å². The van der Waals surface area contributed by atoms with E-state index in [-0.39, 0.29) is 0 Å². The van der Waals surface area contributed by atoms with Gasteiger partial charge in [-0.2, -0.15) is 0 Å².